The van der Waals surface area contributed by atoms with Gasteiger partial charge in [-0.2, -0.15) is 0 Å². The molecule has 1 saturated heterocycles. The van der Waals surface area contributed by atoms with Gasteiger partial charge in [0.05, 0.1) is 5.69 Å². The van der Waals surface area contributed by atoms with Crippen molar-refractivity contribution in [2.24, 2.45) is 0 Å². The highest BCUT2D eigenvalue weighted by atomic mass is 16.5. The Morgan fingerprint density at radius 3 is 2.53 bits per heavy atom. The molecule has 1 atom stereocenters. The molecule has 0 amide bonds. The van der Waals surface area contributed by atoms with E-state index in [1.54, 1.807) is 0 Å². The highest BCUT2D eigenvalue weighted by Crippen LogP contribution is 2.20. The van der Waals surface area contributed by atoms with Gasteiger partial charge in [-0.1, -0.05) is 5.16 Å². The van der Waals surface area contributed by atoms with E-state index in [0.717, 1.165) is 24.5 Å². The van der Waals surface area contributed by atoms with Crippen LogP contribution in [-0.2, 0) is 0 Å². The van der Waals surface area contributed by atoms with Gasteiger partial charge in [-0.15, -0.1) is 0 Å². The van der Waals surface area contributed by atoms with Gasteiger partial charge in [0.25, 0.3) is 0 Å². The lowest BCUT2D eigenvalue weighted by Crippen LogP contribution is -2.46. The molecule has 2 rings (SSSR count). The zero-order chi connectivity index (χ0) is 13.8. The molecule has 2 heterocycles. The van der Waals surface area contributed by atoms with Crippen LogP contribution in [0.25, 0.3) is 0 Å². The third-order valence-corrected chi connectivity index (χ3v) is 4.00. The van der Waals surface area contributed by atoms with Gasteiger partial charge in [-0.25, -0.2) is 0 Å². The molecule has 0 aromatic carbocycles. The third kappa shape index (κ3) is 3.78. The van der Waals surface area contributed by atoms with Gasteiger partial charge < -0.3 is 14.7 Å². The van der Waals surface area contributed by atoms with Crippen LogP contribution in [0.2, 0.25) is 0 Å². The largest absolute Gasteiger partial charge is 0.361 e. The molecule has 1 aliphatic rings. The van der Waals surface area contributed by atoms with E-state index in [1.165, 1.54) is 31.7 Å². The first-order chi connectivity index (χ1) is 9.08. The molecule has 1 aromatic heterocycles. The SMILES string of the molecule is Cc1noc(C)c1C(C)NCCN1CCN(C)CC1. The molecule has 0 saturated carbocycles. The summed E-state index contributed by atoms with van der Waals surface area (Å²) in [5.41, 5.74) is 2.20. The molecular weight excluding hydrogens is 240 g/mol. The summed E-state index contributed by atoms with van der Waals surface area (Å²) in [6.07, 6.45) is 0. The van der Waals surface area contributed by atoms with E-state index in [9.17, 15) is 0 Å². The van der Waals surface area contributed by atoms with Crippen molar-refractivity contribution in [3.05, 3.63) is 17.0 Å². The fourth-order valence-electron chi connectivity index (χ4n) is 2.72. The van der Waals surface area contributed by atoms with Gasteiger partial charge in [0, 0.05) is 50.9 Å². The van der Waals surface area contributed by atoms with E-state index in [1.807, 2.05) is 13.8 Å². The molecule has 108 valence electrons. The van der Waals surface area contributed by atoms with Gasteiger partial charge in [-0.05, 0) is 27.8 Å². The predicted molar refractivity (Wildman–Crippen MR) is 76.3 cm³/mol. The highest BCUT2D eigenvalue weighted by Gasteiger charge is 2.17. The fraction of sp³-hybridized carbons (Fsp3) is 0.786. The van der Waals surface area contributed by atoms with E-state index in [4.69, 9.17) is 4.52 Å². The Kier molecular flexibility index (Phi) is 4.96. The normalized spacial score (nSPS) is 19.8. The third-order valence-electron chi connectivity index (χ3n) is 4.00. The number of aryl methyl sites for hydroxylation is 2. The van der Waals surface area contributed by atoms with Crippen LogP contribution in [0.3, 0.4) is 0 Å². The Bertz CT molecular complexity index is 377. The van der Waals surface area contributed by atoms with E-state index in [-0.39, 0.29) is 0 Å². The lowest BCUT2D eigenvalue weighted by atomic mass is 10.1. The van der Waals surface area contributed by atoms with E-state index < -0.39 is 0 Å². The van der Waals surface area contributed by atoms with E-state index in [2.05, 4.69) is 34.2 Å². The molecule has 1 aromatic rings. The summed E-state index contributed by atoms with van der Waals surface area (Å²) in [4.78, 5) is 4.91. The quantitative estimate of drug-likeness (QED) is 0.867. The summed E-state index contributed by atoms with van der Waals surface area (Å²) < 4.78 is 5.22. The lowest BCUT2D eigenvalue weighted by molar-refractivity contribution is 0.154. The van der Waals surface area contributed by atoms with Crippen LogP contribution in [0.5, 0.6) is 0 Å². The highest BCUT2D eigenvalue weighted by molar-refractivity contribution is 5.24. The topological polar surface area (TPSA) is 44.5 Å². The molecule has 0 bridgehead atoms. The van der Waals surface area contributed by atoms with Crippen molar-refractivity contribution < 1.29 is 4.52 Å². The molecule has 19 heavy (non-hydrogen) atoms. The first-order valence-electron chi connectivity index (χ1n) is 7.15. The summed E-state index contributed by atoms with van der Waals surface area (Å²) in [5, 5.41) is 7.58. The summed E-state index contributed by atoms with van der Waals surface area (Å²) in [6.45, 7) is 13.0. The molecule has 5 heteroatoms. The van der Waals surface area contributed by atoms with Gasteiger partial charge in [0.1, 0.15) is 5.76 Å². The maximum Gasteiger partial charge on any atom is 0.138 e. The molecule has 0 radical (unpaired) electrons. The van der Waals surface area contributed by atoms with E-state index >= 15 is 0 Å². The van der Waals surface area contributed by atoms with Crippen LogP contribution in [0.1, 0.15) is 30.0 Å². The number of hydrogen-bond acceptors (Lipinski definition) is 5. The second-order valence-electron chi connectivity index (χ2n) is 5.56. The molecular formula is C14H26N4O. The van der Waals surface area contributed by atoms with Crippen LogP contribution >= 0.6 is 0 Å². The summed E-state index contributed by atoms with van der Waals surface area (Å²) >= 11 is 0. The van der Waals surface area contributed by atoms with Crippen LogP contribution in [0.15, 0.2) is 4.52 Å². The van der Waals surface area contributed by atoms with Gasteiger partial charge in [0.2, 0.25) is 0 Å². The smallest absolute Gasteiger partial charge is 0.138 e. The standard InChI is InChI=1S/C14H26N4O/c1-11(14-12(2)16-19-13(14)3)15-5-6-18-9-7-17(4)8-10-18/h11,15H,5-10H2,1-4H3. The number of nitrogens with zero attached hydrogens (tertiary/aromatic N) is 3. The predicted octanol–water partition coefficient (Wildman–Crippen LogP) is 1.19. The first-order valence-corrected chi connectivity index (χ1v) is 7.15. The summed E-state index contributed by atoms with van der Waals surface area (Å²) in [7, 11) is 2.19. The van der Waals surface area contributed by atoms with Crippen molar-refractivity contribution in [3.63, 3.8) is 0 Å². The number of hydrogen-bond donors (Lipinski definition) is 1. The summed E-state index contributed by atoms with van der Waals surface area (Å²) in [6, 6.07) is 0.304. The average Bonchev–Trinajstić information content (AvgIpc) is 2.71. The van der Waals surface area contributed by atoms with Crippen molar-refractivity contribution in [1.82, 2.24) is 20.3 Å². The molecule has 0 aliphatic carbocycles. The number of piperazine rings is 1. The van der Waals surface area contributed by atoms with Gasteiger partial charge in [-0.3, -0.25) is 4.90 Å². The van der Waals surface area contributed by atoms with Gasteiger partial charge in [0.15, 0.2) is 0 Å². The van der Waals surface area contributed by atoms with Gasteiger partial charge >= 0.3 is 0 Å². The minimum Gasteiger partial charge on any atom is -0.361 e. The zero-order valence-corrected chi connectivity index (χ0v) is 12.6. The van der Waals surface area contributed by atoms with Crippen LogP contribution in [-0.4, -0.2) is 61.3 Å². The Labute approximate surface area is 115 Å². The lowest BCUT2D eigenvalue weighted by Gasteiger charge is -2.32. The summed E-state index contributed by atoms with van der Waals surface area (Å²) in [5.74, 6) is 0.928. The fourth-order valence-corrected chi connectivity index (χ4v) is 2.72. The maximum absolute atomic E-state index is 5.22. The van der Waals surface area contributed by atoms with Crippen molar-refractivity contribution >= 4 is 0 Å². The number of nitrogens with one attached hydrogen (secondary N) is 1. The minimum atomic E-state index is 0.304. The van der Waals surface area contributed by atoms with Crippen LogP contribution in [0.4, 0.5) is 0 Å². The minimum absolute atomic E-state index is 0.304. The van der Waals surface area contributed by atoms with Crippen LogP contribution < -0.4 is 5.32 Å². The Balaban J connectivity index is 1.74. The molecule has 1 N–H and O–H groups in total. The monoisotopic (exact) mass is 266 g/mol. The van der Waals surface area contributed by atoms with Crippen LogP contribution in [0, 0.1) is 13.8 Å². The van der Waals surface area contributed by atoms with Crippen molar-refractivity contribution in [3.8, 4) is 0 Å². The second kappa shape index (κ2) is 6.50. The number of rotatable bonds is 5. The van der Waals surface area contributed by atoms with Crippen molar-refractivity contribution in [1.29, 1.82) is 0 Å². The second-order valence-corrected chi connectivity index (χ2v) is 5.56. The number of likely N-dealkylation sites (N-methyl/N-ethyl adjacent to an activating group) is 1. The van der Waals surface area contributed by atoms with E-state index in [0.29, 0.717) is 6.04 Å². The maximum atomic E-state index is 5.22. The van der Waals surface area contributed by atoms with Crippen molar-refractivity contribution in [2.75, 3.05) is 46.3 Å². The molecule has 5 nitrogen and oxygen atoms in total. The first kappa shape index (κ1) is 14.5. The molecule has 1 unspecified atom stereocenters. The Hall–Kier alpha value is -0.910. The molecule has 0 spiro atoms. The van der Waals surface area contributed by atoms with Crippen molar-refractivity contribution in [2.45, 2.75) is 26.8 Å². The molecule has 1 aliphatic heterocycles. The Morgan fingerprint density at radius 2 is 1.95 bits per heavy atom. The Morgan fingerprint density at radius 1 is 1.26 bits per heavy atom. The number of aromatic nitrogens is 1. The zero-order valence-electron chi connectivity index (χ0n) is 12.6. The molecule has 1 fully saturated rings. The average molecular weight is 266 g/mol.